The van der Waals surface area contributed by atoms with Gasteiger partial charge < -0.3 is 4.98 Å². The lowest BCUT2D eigenvalue weighted by atomic mass is 9.84. The summed E-state index contributed by atoms with van der Waals surface area (Å²) in [5.41, 5.74) is 5.75. The van der Waals surface area contributed by atoms with E-state index < -0.39 is 0 Å². The lowest BCUT2D eigenvalue weighted by Crippen LogP contribution is -2.34. The van der Waals surface area contributed by atoms with E-state index >= 15 is 0 Å². The molecule has 1 aromatic heterocycles. The summed E-state index contributed by atoms with van der Waals surface area (Å²) in [5.74, 6) is 0.488. The number of fused-ring (bicyclic) bond motifs is 5. The summed E-state index contributed by atoms with van der Waals surface area (Å²) in [6.07, 6.45) is 2.61. The third-order valence-corrected chi connectivity index (χ3v) is 5.44. The van der Waals surface area contributed by atoms with Gasteiger partial charge in [-0.15, -0.1) is 17.0 Å². The molecule has 3 heterocycles. The fraction of sp³-hybridized carbons (Fsp3) is 0.300. The van der Waals surface area contributed by atoms with E-state index in [0.29, 0.717) is 12.0 Å². The highest BCUT2D eigenvalue weighted by molar-refractivity contribution is 8.93. The van der Waals surface area contributed by atoms with Crippen LogP contribution in [-0.2, 0) is 0 Å². The van der Waals surface area contributed by atoms with Crippen molar-refractivity contribution in [2.24, 2.45) is 0 Å². The maximum Gasteiger partial charge on any atom is 0.0502 e. The summed E-state index contributed by atoms with van der Waals surface area (Å²) in [6.45, 7) is 2.40. The van der Waals surface area contributed by atoms with Crippen LogP contribution in [0.2, 0.25) is 0 Å². The first-order valence-electron chi connectivity index (χ1n) is 8.31. The molecule has 1 fully saturated rings. The van der Waals surface area contributed by atoms with Gasteiger partial charge in [-0.05, 0) is 36.6 Å². The Hall–Kier alpha value is -1.58. The van der Waals surface area contributed by atoms with Crippen LogP contribution < -0.4 is 0 Å². The molecule has 0 bridgehead atoms. The highest BCUT2D eigenvalue weighted by Crippen LogP contribution is 2.46. The van der Waals surface area contributed by atoms with Crippen molar-refractivity contribution < 1.29 is 0 Å². The van der Waals surface area contributed by atoms with Crippen molar-refractivity contribution in [1.82, 2.24) is 9.88 Å². The zero-order valence-corrected chi connectivity index (χ0v) is 14.7. The second-order valence-electron chi connectivity index (χ2n) is 6.61. The third-order valence-electron chi connectivity index (χ3n) is 5.44. The summed E-state index contributed by atoms with van der Waals surface area (Å²) in [4.78, 5) is 6.42. The Morgan fingerprint density at radius 2 is 1.74 bits per heavy atom. The molecule has 2 aromatic carbocycles. The Balaban J connectivity index is 0.00000135. The largest absolute Gasteiger partial charge is 0.357 e. The first kappa shape index (κ1) is 15.0. The highest BCUT2D eigenvalue weighted by Gasteiger charge is 2.38. The normalized spacial score (nSPS) is 23.3. The topological polar surface area (TPSA) is 19.0 Å². The number of H-pyrrole nitrogens is 1. The van der Waals surface area contributed by atoms with Crippen LogP contribution in [0.5, 0.6) is 0 Å². The molecule has 0 saturated carbocycles. The van der Waals surface area contributed by atoms with Crippen molar-refractivity contribution in [3.63, 3.8) is 0 Å². The van der Waals surface area contributed by atoms with E-state index in [1.165, 1.54) is 41.5 Å². The van der Waals surface area contributed by atoms with Crippen LogP contribution in [0, 0.1) is 0 Å². The molecule has 0 radical (unpaired) electrons. The van der Waals surface area contributed by atoms with Crippen LogP contribution >= 0.6 is 17.0 Å². The minimum atomic E-state index is 0. The standard InChI is InChI=1S/C20H20N2.BrH/c1-2-7-14(8-3-1)16-13-22-12-6-11-18(22)20-19(16)15-9-4-5-10-17(15)21-20;/h1-5,7-10,16,18,21H,6,11-13H2;1H/t16-,18-;/m0./s1. The minimum absolute atomic E-state index is 0. The van der Waals surface area contributed by atoms with Gasteiger partial charge in [-0.1, -0.05) is 48.5 Å². The van der Waals surface area contributed by atoms with E-state index in [1.54, 1.807) is 5.56 Å². The number of benzene rings is 2. The lowest BCUT2D eigenvalue weighted by molar-refractivity contribution is 0.227. The van der Waals surface area contributed by atoms with Gasteiger partial charge in [-0.25, -0.2) is 0 Å². The molecule has 0 amide bonds. The van der Waals surface area contributed by atoms with Crippen molar-refractivity contribution in [2.75, 3.05) is 13.1 Å². The van der Waals surface area contributed by atoms with Gasteiger partial charge in [0.1, 0.15) is 0 Å². The molecule has 1 N–H and O–H groups in total. The average Bonchev–Trinajstić information content (AvgIpc) is 3.19. The Kier molecular flexibility index (Phi) is 3.78. The number of rotatable bonds is 1. The van der Waals surface area contributed by atoms with Crippen molar-refractivity contribution in [2.45, 2.75) is 24.8 Å². The molecular weight excluding hydrogens is 348 g/mol. The summed E-state index contributed by atoms with van der Waals surface area (Å²) in [5, 5.41) is 1.41. The first-order chi connectivity index (χ1) is 10.9. The molecule has 1 saturated heterocycles. The predicted octanol–water partition coefficient (Wildman–Crippen LogP) is 5.03. The number of halogens is 1. The molecule has 23 heavy (non-hydrogen) atoms. The van der Waals surface area contributed by atoms with Gasteiger partial charge >= 0.3 is 0 Å². The smallest absolute Gasteiger partial charge is 0.0502 e. The van der Waals surface area contributed by atoms with E-state index in [2.05, 4.69) is 64.5 Å². The Morgan fingerprint density at radius 1 is 0.957 bits per heavy atom. The zero-order chi connectivity index (χ0) is 14.5. The van der Waals surface area contributed by atoms with E-state index in [-0.39, 0.29) is 17.0 Å². The third kappa shape index (κ3) is 2.26. The van der Waals surface area contributed by atoms with Crippen LogP contribution in [0.25, 0.3) is 10.9 Å². The number of hydrogen-bond acceptors (Lipinski definition) is 1. The van der Waals surface area contributed by atoms with Crippen LogP contribution in [0.4, 0.5) is 0 Å². The van der Waals surface area contributed by atoms with E-state index in [4.69, 9.17) is 0 Å². The number of para-hydroxylation sites is 1. The molecule has 2 atom stereocenters. The summed E-state index contributed by atoms with van der Waals surface area (Å²) < 4.78 is 0. The molecule has 0 unspecified atom stereocenters. The van der Waals surface area contributed by atoms with Crippen LogP contribution in [0.1, 0.15) is 41.6 Å². The first-order valence-corrected chi connectivity index (χ1v) is 8.31. The predicted molar refractivity (Wildman–Crippen MR) is 100 cm³/mol. The quantitative estimate of drug-likeness (QED) is 0.638. The molecule has 2 nitrogen and oxygen atoms in total. The van der Waals surface area contributed by atoms with Gasteiger partial charge in [0, 0.05) is 29.1 Å². The van der Waals surface area contributed by atoms with E-state index in [9.17, 15) is 0 Å². The van der Waals surface area contributed by atoms with E-state index in [0.717, 1.165) is 6.54 Å². The van der Waals surface area contributed by atoms with Crippen molar-refractivity contribution in [3.05, 3.63) is 71.4 Å². The van der Waals surface area contributed by atoms with Crippen LogP contribution in [-0.4, -0.2) is 23.0 Å². The molecule has 0 spiro atoms. The molecule has 2 aliphatic heterocycles. The number of aromatic amines is 1. The SMILES string of the molecule is Br.c1ccc([C@@H]2CN3CCC[C@H]3c3[nH]c4ccccc4c32)cc1. The van der Waals surface area contributed by atoms with Crippen LogP contribution in [0.3, 0.4) is 0 Å². The maximum atomic E-state index is 3.75. The van der Waals surface area contributed by atoms with Crippen LogP contribution in [0.15, 0.2) is 54.6 Å². The van der Waals surface area contributed by atoms with Crippen molar-refractivity contribution >= 4 is 27.9 Å². The average molecular weight is 369 g/mol. The van der Waals surface area contributed by atoms with Gasteiger partial charge in [0.05, 0.1) is 6.04 Å². The molecule has 5 rings (SSSR count). The fourth-order valence-corrected chi connectivity index (χ4v) is 4.48. The second kappa shape index (κ2) is 5.81. The van der Waals surface area contributed by atoms with Gasteiger partial charge in [-0.3, -0.25) is 4.90 Å². The maximum absolute atomic E-state index is 3.75. The second-order valence-corrected chi connectivity index (χ2v) is 6.61. The lowest BCUT2D eigenvalue weighted by Gasteiger charge is -2.35. The minimum Gasteiger partial charge on any atom is -0.357 e. The summed E-state index contributed by atoms with van der Waals surface area (Å²) in [7, 11) is 0. The molecule has 118 valence electrons. The number of hydrogen-bond donors (Lipinski definition) is 1. The molecule has 0 aliphatic carbocycles. The monoisotopic (exact) mass is 368 g/mol. The summed E-state index contributed by atoms with van der Waals surface area (Å²) >= 11 is 0. The Morgan fingerprint density at radius 3 is 2.61 bits per heavy atom. The zero-order valence-electron chi connectivity index (χ0n) is 13.0. The van der Waals surface area contributed by atoms with E-state index in [1.807, 2.05) is 0 Å². The molecular formula is C20H21BrN2. The molecule has 3 aromatic rings. The Bertz CT molecular complexity index is 824. The molecule has 2 aliphatic rings. The van der Waals surface area contributed by atoms with Gasteiger partial charge in [0.2, 0.25) is 0 Å². The number of nitrogens with zero attached hydrogens (tertiary/aromatic N) is 1. The number of aromatic nitrogens is 1. The van der Waals surface area contributed by atoms with Gasteiger partial charge in [0.25, 0.3) is 0 Å². The fourth-order valence-electron chi connectivity index (χ4n) is 4.48. The number of nitrogens with one attached hydrogen (secondary N) is 1. The van der Waals surface area contributed by atoms with Crippen molar-refractivity contribution in [1.29, 1.82) is 0 Å². The van der Waals surface area contributed by atoms with Gasteiger partial charge in [-0.2, -0.15) is 0 Å². The van der Waals surface area contributed by atoms with Crippen molar-refractivity contribution in [3.8, 4) is 0 Å². The molecule has 3 heteroatoms. The summed E-state index contributed by atoms with van der Waals surface area (Å²) in [6, 6.07) is 20.4. The highest BCUT2D eigenvalue weighted by atomic mass is 79.9. The van der Waals surface area contributed by atoms with Gasteiger partial charge in [0.15, 0.2) is 0 Å². The Labute approximate surface area is 147 Å².